The van der Waals surface area contributed by atoms with Crippen LogP contribution in [0.2, 0.25) is 0 Å². The van der Waals surface area contributed by atoms with Crippen LogP contribution in [0.4, 0.5) is 0 Å². The predicted octanol–water partition coefficient (Wildman–Crippen LogP) is 1.68. The van der Waals surface area contributed by atoms with Gasteiger partial charge in [-0.1, -0.05) is 30.0 Å². The first kappa shape index (κ1) is 8.51. The zero-order valence-corrected chi connectivity index (χ0v) is 7.71. The van der Waals surface area contributed by atoms with Crippen molar-refractivity contribution in [2.75, 3.05) is 0 Å². The molecule has 0 fully saturated rings. The van der Waals surface area contributed by atoms with Gasteiger partial charge in [0, 0.05) is 4.90 Å². The SMILES string of the molecule is O=CC1Cc2ccccc2SC1=O. The van der Waals surface area contributed by atoms with E-state index < -0.39 is 5.92 Å². The lowest BCUT2D eigenvalue weighted by Crippen LogP contribution is -2.19. The van der Waals surface area contributed by atoms with Crippen LogP contribution >= 0.6 is 11.8 Å². The van der Waals surface area contributed by atoms with E-state index in [-0.39, 0.29) is 5.12 Å². The van der Waals surface area contributed by atoms with Crippen molar-refractivity contribution in [2.24, 2.45) is 5.92 Å². The number of fused-ring (bicyclic) bond motifs is 1. The van der Waals surface area contributed by atoms with E-state index in [9.17, 15) is 9.59 Å². The maximum Gasteiger partial charge on any atom is 0.204 e. The molecule has 0 radical (unpaired) electrons. The predicted molar refractivity (Wildman–Crippen MR) is 50.6 cm³/mol. The van der Waals surface area contributed by atoms with Gasteiger partial charge in [0.05, 0.1) is 5.92 Å². The molecule has 0 amide bonds. The zero-order valence-electron chi connectivity index (χ0n) is 6.90. The topological polar surface area (TPSA) is 34.1 Å². The number of hydrogen-bond donors (Lipinski definition) is 0. The molecule has 1 aliphatic heterocycles. The molecule has 66 valence electrons. The second-order valence-corrected chi connectivity index (χ2v) is 4.02. The van der Waals surface area contributed by atoms with Crippen LogP contribution in [0.3, 0.4) is 0 Å². The molecular formula is C10H8O2S. The monoisotopic (exact) mass is 192 g/mol. The highest BCUT2D eigenvalue weighted by Crippen LogP contribution is 2.32. The zero-order chi connectivity index (χ0) is 9.26. The van der Waals surface area contributed by atoms with Crippen LogP contribution in [0.15, 0.2) is 29.2 Å². The van der Waals surface area contributed by atoms with Gasteiger partial charge in [0.15, 0.2) is 0 Å². The van der Waals surface area contributed by atoms with E-state index in [0.717, 1.165) is 16.7 Å². The minimum Gasteiger partial charge on any atom is -0.303 e. The van der Waals surface area contributed by atoms with E-state index in [1.807, 2.05) is 24.3 Å². The van der Waals surface area contributed by atoms with E-state index in [0.29, 0.717) is 6.42 Å². The average molecular weight is 192 g/mol. The highest BCUT2D eigenvalue weighted by Gasteiger charge is 2.26. The number of rotatable bonds is 1. The van der Waals surface area contributed by atoms with E-state index in [1.54, 1.807) is 0 Å². The molecule has 0 aliphatic carbocycles. The Labute approximate surface area is 80.3 Å². The van der Waals surface area contributed by atoms with Crippen molar-refractivity contribution in [3.8, 4) is 0 Å². The van der Waals surface area contributed by atoms with Crippen molar-refractivity contribution in [3.63, 3.8) is 0 Å². The summed E-state index contributed by atoms with van der Waals surface area (Å²) in [5.74, 6) is -0.445. The third-order valence-electron chi connectivity index (χ3n) is 2.09. The van der Waals surface area contributed by atoms with Gasteiger partial charge >= 0.3 is 0 Å². The minimum absolute atomic E-state index is 0.0336. The minimum atomic E-state index is -0.445. The maximum absolute atomic E-state index is 11.3. The first-order valence-corrected chi connectivity index (χ1v) is 4.88. The lowest BCUT2D eigenvalue weighted by Gasteiger charge is -2.17. The van der Waals surface area contributed by atoms with E-state index in [1.165, 1.54) is 11.8 Å². The smallest absolute Gasteiger partial charge is 0.204 e. The van der Waals surface area contributed by atoms with E-state index in [2.05, 4.69) is 0 Å². The fourth-order valence-electron chi connectivity index (χ4n) is 1.38. The molecule has 1 aliphatic rings. The first-order valence-electron chi connectivity index (χ1n) is 4.06. The molecule has 0 saturated heterocycles. The van der Waals surface area contributed by atoms with Crippen LogP contribution in [-0.2, 0) is 16.0 Å². The summed E-state index contributed by atoms with van der Waals surface area (Å²) in [5.41, 5.74) is 1.10. The lowest BCUT2D eigenvalue weighted by atomic mass is 10.0. The molecule has 13 heavy (non-hydrogen) atoms. The Morgan fingerprint density at radius 2 is 2.15 bits per heavy atom. The Morgan fingerprint density at radius 1 is 1.38 bits per heavy atom. The lowest BCUT2D eigenvalue weighted by molar-refractivity contribution is -0.121. The fraction of sp³-hybridized carbons (Fsp3) is 0.200. The summed E-state index contributed by atoms with van der Waals surface area (Å²) in [4.78, 5) is 22.9. The molecule has 1 unspecified atom stereocenters. The second kappa shape index (κ2) is 3.34. The summed E-state index contributed by atoms with van der Waals surface area (Å²) in [6, 6.07) is 7.71. The van der Waals surface area contributed by atoms with Crippen molar-refractivity contribution in [2.45, 2.75) is 11.3 Å². The molecule has 1 aromatic rings. The molecule has 0 bridgehead atoms. The summed E-state index contributed by atoms with van der Waals surface area (Å²) in [6.45, 7) is 0. The van der Waals surface area contributed by atoms with Crippen molar-refractivity contribution < 1.29 is 9.59 Å². The fourth-order valence-corrected chi connectivity index (χ4v) is 2.32. The summed E-state index contributed by atoms with van der Waals surface area (Å²) >= 11 is 1.17. The molecular weight excluding hydrogens is 184 g/mol. The third kappa shape index (κ3) is 1.52. The van der Waals surface area contributed by atoms with Crippen molar-refractivity contribution in [1.82, 2.24) is 0 Å². The number of carbonyl (C=O) groups excluding carboxylic acids is 2. The molecule has 2 rings (SSSR count). The average Bonchev–Trinajstić information content (AvgIpc) is 2.17. The molecule has 1 heterocycles. The van der Waals surface area contributed by atoms with Crippen LogP contribution in [0.5, 0.6) is 0 Å². The standard InChI is InChI=1S/C10H8O2S/c11-6-8-5-7-3-1-2-4-9(7)13-10(8)12/h1-4,6,8H,5H2. The van der Waals surface area contributed by atoms with Crippen LogP contribution < -0.4 is 0 Å². The normalized spacial score (nSPS) is 20.9. The van der Waals surface area contributed by atoms with Gasteiger partial charge in [0.2, 0.25) is 5.12 Å². The number of carbonyl (C=O) groups is 2. The van der Waals surface area contributed by atoms with Crippen LogP contribution in [0.25, 0.3) is 0 Å². The molecule has 0 N–H and O–H groups in total. The van der Waals surface area contributed by atoms with E-state index >= 15 is 0 Å². The molecule has 0 aromatic heterocycles. The summed E-state index contributed by atoms with van der Waals surface area (Å²) in [7, 11) is 0. The van der Waals surface area contributed by atoms with Crippen LogP contribution in [0, 0.1) is 5.92 Å². The highest BCUT2D eigenvalue weighted by atomic mass is 32.2. The van der Waals surface area contributed by atoms with Crippen LogP contribution in [0.1, 0.15) is 5.56 Å². The Morgan fingerprint density at radius 3 is 2.92 bits per heavy atom. The van der Waals surface area contributed by atoms with Crippen LogP contribution in [-0.4, -0.2) is 11.4 Å². The summed E-state index contributed by atoms with van der Waals surface area (Å²) in [5, 5.41) is -0.0336. The quantitative estimate of drug-likeness (QED) is 0.501. The molecule has 0 saturated carbocycles. The van der Waals surface area contributed by atoms with Gasteiger partial charge < -0.3 is 4.79 Å². The Kier molecular flexibility index (Phi) is 2.19. The number of thioether (sulfide) groups is 1. The van der Waals surface area contributed by atoms with Crippen molar-refractivity contribution in [3.05, 3.63) is 29.8 Å². The third-order valence-corrected chi connectivity index (χ3v) is 3.21. The first-order chi connectivity index (χ1) is 6.31. The number of aldehydes is 1. The molecule has 1 aromatic carbocycles. The Hall–Kier alpha value is -1.09. The van der Waals surface area contributed by atoms with Gasteiger partial charge in [-0.3, -0.25) is 4.79 Å². The van der Waals surface area contributed by atoms with Gasteiger partial charge in [0.1, 0.15) is 6.29 Å². The van der Waals surface area contributed by atoms with Gasteiger partial charge in [-0.15, -0.1) is 0 Å². The summed E-state index contributed by atoms with van der Waals surface area (Å²) < 4.78 is 0. The van der Waals surface area contributed by atoms with Gasteiger partial charge in [0.25, 0.3) is 0 Å². The largest absolute Gasteiger partial charge is 0.303 e. The van der Waals surface area contributed by atoms with Crippen molar-refractivity contribution in [1.29, 1.82) is 0 Å². The van der Waals surface area contributed by atoms with Crippen molar-refractivity contribution >= 4 is 23.2 Å². The van der Waals surface area contributed by atoms with Gasteiger partial charge in [-0.25, -0.2) is 0 Å². The summed E-state index contributed by atoms with van der Waals surface area (Å²) in [6.07, 6.45) is 1.30. The number of benzene rings is 1. The maximum atomic E-state index is 11.3. The van der Waals surface area contributed by atoms with E-state index in [4.69, 9.17) is 0 Å². The molecule has 0 spiro atoms. The number of hydrogen-bond acceptors (Lipinski definition) is 3. The Bertz CT molecular complexity index is 360. The highest BCUT2D eigenvalue weighted by molar-refractivity contribution is 8.13. The van der Waals surface area contributed by atoms with Gasteiger partial charge in [-0.2, -0.15) is 0 Å². The molecule has 1 atom stereocenters. The molecule has 2 nitrogen and oxygen atoms in total. The molecule has 3 heteroatoms. The Balaban J connectivity index is 2.38. The second-order valence-electron chi connectivity index (χ2n) is 2.98. The van der Waals surface area contributed by atoms with Gasteiger partial charge in [-0.05, 0) is 18.1 Å².